The molecule has 4 rings (SSSR count). The number of nitrogens with one attached hydrogen (secondary N) is 1. The number of halogens is 1. The molecule has 8 heteroatoms. The lowest BCUT2D eigenvalue weighted by atomic mass is 9.96. The number of benzene rings is 1. The number of rotatable bonds is 7. The second-order valence-electron chi connectivity index (χ2n) is 8.55. The van der Waals surface area contributed by atoms with Crippen molar-refractivity contribution < 1.29 is 9.53 Å². The highest BCUT2D eigenvalue weighted by atomic mass is 35.5. The minimum Gasteiger partial charge on any atom is -0.469 e. The third-order valence-electron chi connectivity index (χ3n) is 6.47. The van der Waals surface area contributed by atoms with Crippen molar-refractivity contribution >= 4 is 34.9 Å². The van der Waals surface area contributed by atoms with E-state index in [4.69, 9.17) is 28.6 Å². The molecule has 0 amide bonds. The number of thiocarbonyl (C=S) groups is 1. The Morgan fingerprint density at radius 1 is 1.21 bits per heavy atom. The highest BCUT2D eigenvalue weighted by Gasteiger charge is 2.41. The maximum Gasteiger partial charge on any atom is 0.305 e. The second-order valence-corrected chi connectivity index (χ2v) is 9.34. The first-order valence-corrected chi connectivity index (χ1v) is 12.1. The van der Waals surface area contributed by atoms with E-state index < -0.39 is 0 Å². The van der Waals surface area contributed by atoms with E-state index in [1.54, 1.807) is 6.20 Å². The molecule has 2 atom stereocenters. The zero-order chi connectivity index (χ0) is 24.4. The largest absolute Gasteiger partial charge is 0.469 e. The summed E-state index contributed by atoms with van der Waals surface area (Å²) in [5, 5.41) is 4.89. The molecule has 1 aliphatic rings. The predicted molar refractivity (Wildman–Crippen MR) is 138 cm³/mol. The van der Waals surface area contributed by atoms with E-state index in [0.717, 1.165) is 38.9 Å². The summed E-state index contributed by atoms with van der Waals surface area (Å²) in [4.78, 5) is 18.5. The Morgan fingerprint density at radius 2 is 2.00 bits per heavy atom. The summed E-state index contributed by atoms with van der Waals surface area (Å²) in [6.45, 7) is 6.91. The number of carbonyl (C=O) groups is 1. The lowest BCUT2D eigenvalue weighted by Crippen LogP contribution is -2.31. The van der Waals surface area contributed by atoms with E-state index in [1.165, 1.54) is 7.11 Å². The van der Waals surface area contributed by atoms with Crippen molar-refractivity contribution in [2.24, 2.45) is 0 Å². The van der Waals surface area contributed by atoms with Crippen molar-refractivity contribution in [1.29, 1.82) is 0 Å². The van der Waals surface area contributed by atoms with Crippen LogP contribution in [0.25, 0.3) is 5.69 Å². The van der Waals surface area contributed by atoms with Crippen LogP contribution < -0.4 is 5.32 Å². The summed E-state index contributed by atoms with van der Waals surface area (Å²) in [6, 6.07) is 13.9. The van der Waals surface area contributed by atoms with Crippen LogP contribution >= 0.6 is 23.8 Å². The van der Waals surface area contributed by atoms with E-state index in [0.29, 0.717) is 24.5 Å². The fourth-order valence-corrected chi connectivity index (χ4v) is 5.28. The number of aryl methyl sites for hydroxylation is 1. The van der Waals surface area contributed by atoms with Gasteiger partial charge in [0.25, 0.3) is 0 Å². The lowest BCUT2D eigenvalue weighted by molar-refractivity contribution is -0.140. The molecule has 1 aliphatic heterocycles. The standard InChI is InChI=1S/C26H29ClN4O2S/c1-16-15-19(18(3)31(16)22-11-7-9-20(27)17(22)2)25-24(21-10-5-6-13-28-21)29-26(34)30(25)14-8-12-23(32)33-4/h5-7,9-11,13,15,24-25H,8,12,14H2,1-4H3,(H,29,34)/t24-,25+/m0/s1. The van der Waals surface area contributed by atoms with Crippen molar-refractivity contribution in [3.8, 4) is 5.69 Å². The first-order chi connectivity index (χ1) is 16.3. The number of esters is 1. The maximum absolute atomic E-state index is 11.7. The summed E-state index contributed by atoms with van der Waals surface area (Å²) >= 11 is 12.2. The smallest absolute Gasteiger partial charge is 0.305 e. The molecule has 0 saturated carbocycles. The molecule has 6 nitrogen and oxygen atoms in total. The first kappa shape index (κ1) is 24.2. The van der Waals surface area contributed by atoms with Crippen LogP contribution in [0.1, 0.15) is 53.1 Å². The monoisotopic (exact) mass is 496 g/mol. The number of ether oxygens (including phenoxy) is 1. The van der Waals surface area contributed by atoms with E-state index in [-0.39, 0.29) is 18.1 Å². The zero-order valence-electron chi connectivity index (χ0n) is 19.8. The van der Waals surface area contributed by atoms with Gasteiger partial charge < -0.3 is 19.5 Å². The lowest BCUT2D eigenvalue weighted by Gasteiger charge is -2.28. The molecule has 2 aromatic heterocycles. The minimum atomic E-state index is -0.217. The van der Waals surface area contributed by atoms with Gasteiger partial charge in [0.1, 0.15) is 0 Å². The van der Waals surface area contributed by atoms with Gasteiger partial charge in [-0.3, -0.25) is 9.78 Å². The summed E-state index contributed by atoms with van der Waals surface area (Å²) in [5.74, 6) is -0.217. The van der Waals surface area contributed by atoms with Gasteiger partial charge in [-0.05, 0) is 80.9 Å². The molecule has 0 aliphatic carbocycles. The number of hydrogen-bond acceptors (Lipinski definition) is 4. The number of methoxy groups -OCH3 is 1. The Kier molecular flexibility index (Phi) is 7.24. The Hall–Kier alpha value is -2.90. The molecule has 0 bridgehead atoms. The fraction of sp³-hybridized carbons (Fsp3) is 0.346. The van der Waals surface area contributed by atoms with Gasteiger partial charge in [-0.1, -0.05) is 23.7 Å². The van der Waals surface area contributed by atoms with Gasteiger partial charge in [-0.2, -0.15) is 0 Å². The van der Waals surface area contributed by atoms with E-state index in [1.807, 2.05) is 37.3 Å². The van der Waals surface area contributed by atoms with Crippen molar-refractivity contribution in [2.45, 2.75) is 45.7 Å². The van der Waals surface area contributed by atoms with E-state index in [2.05, 4.69) is 45.7 Å². The Morgan fingerprint density at radius 3 is 2.71 bits per heavy atom. The molecule has 34 heavy (non-hydrogen) atoms. The third kappa shape index (κ3) is 4.55. The normalized spacial score (nSPS) is 17.7. The summed E-state index contributed by atoms with van der Waals surface area (Å²) in [7, 11) is 1.41. The van der Waals surface area contributed by atoms with Crippen molar-refractivity contribution in [1.82, 2.24) is 19.8 Å². The molecule has 3 aromatic rings. The Labute approximate surface area is 210 Å². The van der Waals surface area contributed by atoms with Gasteiger partial charge in [-0.15, -0.1) is 0 Å². The number of pyridine rings is 1. The molecule has 1 saturated heterocycles. The van der Waals surface area contributed by atoms with E-state index >= 15 is 0 Å². The van der Waals surface area contributed by atoms with Gasteiger partial charge in [0, 0.05) is 41.3 Å². The van der Waals surface area contributed by atoms with Crippen molar-refractivity contribution in [3.05, 3.63) is 81.9 Å². The average Bonchev–Trinajstić information content (AvgIpc) is 3.31. The highest BCUT2D eigenvalue weighted by molar-refractivity contribution is 7.80. The first-order valence-electron chi connectivity index (χ1n) is 11.3. The van der Waals surface area contributed by atoms with Gasteiger partial charge in [-0.25, -0.2) is 0 Å². The van der Waals surface area contributed by atoms with Crippen LogP contribution in [0.4, 0.5) is 0 Å². The van der Waals surface area contributed by atoms with Crippen LogP contribution in [-0.4, -0.2) is 39.2 Å². The molecular formula is C26H29ClN4O2S. The quantitative estimate of drug-likeness (QED) is 0.350. The number of aromatic nitrogens is 2. The highest BCUT2D eigenvalue weighted by Crippen LogP contribution is 2.42. The molecule has 3 heterocycles. The van der Waals surface area contributed by atoms with Crippen molar-refractivity contribution in [3.63, 3.8) is 0 Å². The molecule has 1 aromatic carbocycles. The number of carbonyl (C=O) groups excluding carboxylic acids is 1. The molecule has 0 unspecified atom stereocenters. The molecule has 178 valence electrons. The minimum absolute atomic E-state index is 0.0699. The van der Waals surface area contributed by atoms with Crippen LogP contribution in [0.5, 0.6) is 0 Å². The molecular weight excluding hydrogens is 468 g/mol. The number of hydrogen-bond donors (Lipinski definition) is 1. The third-order valence-corrected chi connectivity index (χ3v) is 7.24. The van der Waals surface area contributed by atoms with Gasteiger partial charge >= 0.3 is 5.97 Å². The predicted octanol–water partition coefficient (Wildman–Crippen LogP) is 5.38. The maximum atomic E-state index is 11.7. The van der Waals surface area contributed by atoms with Crippen molar-refractivity contribution in [2.75, 3.05) is 13.7 Å². The molecule has 1 N–H and O–H groups in total. The van der Waals surface area contributed by atoms with Gasteiger partial charge in [0.2, 0.25) is 0 Å². The summed E-state index contributed by atoms with van der Waals surface area (Å²) < 4.78 is 7.07. The molecule has 1 fully saturated rings. The van der Waals surface area contributed by atoms with Crippen LogP contribution in [-0.2, 0) is 9.53 Å². The van der Waals surface area contributed by atoms with Crippen LogP contribution in [0.15, 0.2) is 48.7 Å². The fourth-order valence-electron chi connectivity index (χ4n) is 4.78. The summed E-state index contributed by atoms with van der Waals surface area (Å²) in [6.07, 6.45) is 2.79. The Balaban J connectivity index is 1.78. The zero-order valence-corrected chi connectivity index (χ0v) is 21.4. The second kappa shape index (κ2) is 10.2. The van der Waals surface area contributed by atoms with E-state index in [9.17, 15) is 4.79 Å². The average molecular weight is 497 g/mol. The van der Waals surface area contributed by atoms with Crippen LogP contribution in [0.2, 0.25) is 5.02 Å². The molecule has 0 spiro atoms. The van der Waals surface area contributed by atoms with Crippen LogP contribution in [0, 0.1) is 20.8 Å². The summed E-state index contributed by atoms with van der Waals surface area (Å²) in [5.41, 5.74) is 6.43. The van der Waals surface area contributed by atoms with Crippen LogP contribution in [0.3, 0.4) is 0 Å². The van der Waals surface area contributed by atoms with Gasteiger partial charge in [0.05, 0.1) is 24.9 Å². The number of nitrogens with zero attached hydrogens (tertiary/aromatic N) is 3. The Bertz CT molecular complexity index is 1210. The molecule has 0 radical (unpaired) electrons. The SMILES string of the molecule is COC(=O)CCCN1C(=S)N[C@@H](c2ccccn2)[C@H]1c1cc(C)n(-c2cccc(Cl)c2C)c1C. The topological polar surface area (TPSA) is 59.4 Å². The van der Waals surface area contributed by atoms with Gasteiger partial charge in [0.15, 0.2) is 5.11 Å².